The van der Waals surface area contributed by atoms with Gasteiger partial charge in [0.15, 0.2) is 15.4 Å². The van der Waals surface area contributed by atoms with E-state index >= 15 is 0 Å². The largest absolute Gasteiger partial charge is 0.418 e. The smallest absolute Gasteiger partial charge is 0.399 e. The average molecular weight is 395 g/mol. The number of nitrogens with zero attached hydrogens (tertiary/aromatic N) is 1. The van der Waals surface area contributed by atoms with Crippen molar-refractivity contribution in [2.24, 2.45) is 16.6 Å². The fourth-order valence-corrected chi connectivity index (χ4v) is 5.46. The van der Waals surface area contributed by atoms with Crippen LogP contribution in [0.4, 0.5) is 23.2 Å². The maximum Gasteiger partial charge on any atom is 0.418 e. The first-order valence-electron chi connectivity index (χ1n) is 7.86. The molecule has 1 aliphatic rings. The second-order valence-corrected chi connectivity index (χ2v) is 9.60. The first kappa shape index (κ1) is 20.5. The van der Waals surface area contributed by atoms with E-state index < -0.39 is 49.3 Å². The van der Waals surface area contributed by atoms with Crippen LogP contribution in [0.15, 0.2) is 23.2 Å². The number of hydrogen-bond donors (Lipinski definition) is 2. The van der Waals surface area contributed by atoms with Crippen LogP contribution in [-0.2, 0) is 15.4 Å². The van der Waals surface area contributed by atoms with Crippen molar-refractivity contribution in [1.82, 2.24) is 0 Å². The molecule has 0 amide bonds. The summed E-state index contributed by atoms with van der Waals surface area (Å²) in [6, 6.07) is 2.58. The molecule has 1 aromatic rings. The molecule has 0 aliphatic carbocycles. The average Bonchev–Trinajstić information content (AvgIpc) is 2.45. The maximum absolute atomic E-state index is 14.3. The minimum absolute atomic E-state index is 0.00197. The number of alkyl halides is 3. The highest BCUT2D eigenvalue weighted by molar-refractivity contribution is 7.93. The van der Waals surface area contributed by atoms with Gasteiger partial charge in [-0.3, -0.25) is 0 Å². The third kappa shape index (κ3) is 3.04. The van der Waals surface area contributed by atoms with E-state index in [-0.39, 0.29) is 18.0 Å². The predicted molar refractivity (Wildman–Crippen MR) is 91.8 cm³/mol. The van der Waals surface area contributed by atoms with Gasteiger partial charge < -0.3 is 11.5 Å². The molecule has 0 spiro atoms. The monoisotopic (exact) mass is 395 g/mol. The van der Waals surface area contributed by atoms with Gasteiger partial charge in [0.05, 0.1) is 5.75 Å². The molecule has 1 heterocycles. The fourth-order valence-electron chi connectivity index (χ4n) is 3.26. The van der Waals surface area contributed by atoms with Crippen LogP contribution in [0.5, 0.6) is 0 Å². The van der Waals surface area contributed by atoms with E-state index in [1.807, 2.05) is 0 Å². The highest BCUT2D eigenvalue weighted by Gasteiger charge is 2.65. The van der Waals surface area contributed by atoms with Crippen LogP contribution < -0.4 is 11.5 Å². The lowest BCUT2D eigenvalue weighted by atomic mass is 9.89. The Labute approximate surface area is 149 Å². The normalized spacial score (nSPS) is 28.8. The van der Waals surface area contributed by atoms with E-state index in [9.17, 15) is 26.0 Å². The van der Waals surface area contributed by atoms with Crippen molar-refractivity contribution in [2.75, 3.05) is 11.5 Å². The van der Waals surface area contributed by atoms with Gasteiger partial charge in [-0.15, -0.1) is 0 Å². The molecule has 1 unspecified atom stereocenters. The molecule has 4 N–H and O–H groups in total. The molecule has 0 fully saturated rings. The predicted octanol–water partition coefficient (Wildman–Crippen LogP) is 2.76. The molecule has 0 saturated carbocycles. The number of sulfone groups is 1. The molecule has 1 aliphatic heterocycles. The lowest BCUT2D eigenvalue weighted by molar-refractivity contribution is -0.183. The number of nitrogen functional groups attached to an aromatic ring is 1. The third-order valence-corrected chi connectivity index (χ3v) is 7.19. The SMILES string of the molecule is CC(C)CC1(C)C(N)=N[C@@](c2cc(N)ccc2F)(C(F)(F)F)CS1(=O)=O. The number of nitrogens with two attached hydrogens (primary N) is 2. The summed E-state index contributed by atoms with van der Waals surface area (Å²) in [5.41, 5.74) is 6.80. The molecular weight excluding hydrogens is 374 g/mol. The number of hydrogen-bond acceptors (Lipinski definition) is 5. The molecule has 0 bridgehead atoms. The Morgan fingerprint density at radius 2 is 1.85 bits per heavy atom. The van der Waals surface area contributed by atoms with Gasteiger partial charge >= 0.3 is 6.18 Å². The van der Waals surface area contributed by atoms with Crippen LogP contribution >= 0.6 is 0 Å². The number of halogens is 4. The Kier molecular flexibility index (Phi) is 4.81. The standard InChI is InChI=1S/C16H21F4N3O2S/c1-9(2)7-14(3)13(22)23-15(16(18,19)20,8-26(14,24)25)11-6-10(21)4-5-12(11)17/h4-6,9H,7-8,21H2,1-3H3,(H2,22,23)/t14?,15-/m0/s1. The summed E-state index contributed by atoms with van der Waals surface area (Å²) in [6.07, 6.45) is -5.20. The molecule has 26 heavy (non-hydrogen) atoms. The van der Waals surface area contributed by atoms with Gasteiger partial charge in [-0.05, 0) is 37.5 Å². The van der Waals surface area contributed by atoms with E-state index in [1.54, 1.807) is 13.8 Å². The molecule has 2 rings (SSSR count). The van der Waals surface area contributed by atoms with Crippen molar-refractivity contribution in [1.29, 1.82) is 0 Å². The summed E-state index contributed by atoms with van der Waals surface area (Å²) in [4.78, 5) is 3.55. The molecule has 146 valence electrons. The summed E-state index contributed by atoms with van der Waals surface area (Å²) in [7, 11) is -4.42. The fraction of sp³-hybridized carbons (Fsp3) is 0.562. The second-order valence-electron chi connectivity index (χ2n) is 7.18. The number of amidine groups is 1. The van der Waals surface area contributed by atoms with Crippen molar-refractivity contribution in [3.63, 3.8) is 0 Å². The van der Waals surface area contributed by atoms with E-state index in [0.717, 1.165) is 18.2 Å². The van der Waals surface area contributed by atoms with Gasteiger partial charge in [0.1, 0.15) is 16.4 Å². The highest BCUT2D eigenvalue weighted by atomic mass is 32.2. The number of aliphatic imine (C=N–C) groups is 1. The minimum Gasteiger partial charge on any atom is -0.399 e. The summed E-state index contributed by atoms with van der Waals surface area (Å²) in [5, 5.41) is 0. The minimum atomic E-state index is -5.20. The van der Waals surface area contributed by atoms with E-state index in [2.05, 4.69) is 4.99 Å². The van der Waals surface area contributed by atoms with Crippen molar-refractivity contribution in [3.05, 3.63) is 29.6 Å². The van der Waals surface area contributed by atoms with Crippen molar-refractivity contribution < 1.29 is 26.0 Å². The Bertz CT molecular complexity index is 852. The summed E-state index contributed by atoms with van der Waals surface area (Å²) in [5.74, 6) is -3.54. The molecule has 2 atom stereocenters. The molecule has 0 radical (unpaired) electrons. The van der Waals surface area contributed by atoms with Crippen LogP contribution in [0.2, 0.25) is 0 Å². The maximum atomic E-state index is 14.3. The number of benzene rings is 1. The Hall–Kier alpha value is -1.84. The van der Waals surface area contributed by atoms with Gasteiger partial charge in [0.25, 0.3) is 0 Å². The Morgan fingerprint density at radius 1 is 1.27 bits per heavy atom. The highest BCUT2D eigenvalue weighted by Crippen LogP contribution is 2.49. The molecular formula is C16H21F4N3O2S. The summed E-state index contributed by atoms with van der Waals surface area (Å²) >= 11 is 0. The number of anilines is 1. The second kappa shape index (κ2) is 6.11. The van der Waals surface area contributed by atoms with Crippen LogP contribution in [0.25, 0.3) is 0 Å². The Balaban J connectivity index is 2.84. The first-order chi connectivity index (χ1) is 11.7. The van der Waals surface area contributed by atoms with Crippen molar-refractivity contribution >= 4 is 21.4 Å². The number of rotatable bonds is 3. The van der Waals surface area contributed by atoms with E-state index in [4.69, 9.17) is 11.5 Å². The van der Waals surface area contributed by atoms with Gasteiger partial charge in [-0.25, -0.2) is 17.8 Å². The summed E-state index contributed by atoms with van der Waals surface area (Å²) in [6.45, 7) is 4.69. The Morgan fingerprint density at radius 3 is 2.31 bits per heavy atom. The summed E-state index contributed by atoms with van der Waals surface area (Å²) < 4.78 is 80.2. The topological polar surface area (TPSA) is 98.5 Å². The zero-order chi connectivity index (χ0) is 20.1. The van der Waals surface area contributed by atoms with Gasteiger partial charge in [0, 0.05) is 11.3 Å². The van der Waals surface area contributed by atoms with Crippen molar-refractivity contribution in [2.45, 2.75) is 43.7 Å². The van der Waals surface area contributed by atoms with Gasteiger partial charge in [-0.2, -0.15) is 13.2 Å². The molecule has 0 aromatic heterocycles. The van der Waals surface area contributed by atoms with E-state index in [1.165, 1.54) is 6.92 Å². The van der Waals surface area contributed by atoms with Crippen LogP contribution in [0, 0.1) is 11.7 Å². The molecule has 10 heteroatoms. The van der Waals surface area contributed by atoms with Crippen LogP contribution in [0.3, 0.4) is 0 Å². The van der Waals surface area contributed by atoms with Crippen molar-refractivity contribution in [3.8, 4) is 0 Å². The first-order valence-corrected chi connectivity index (χ1v) is 9.52. The van der Waals surface area contributed by atoms with Gasteiger partial charge in [-0.1, -0.05) is 13.8 Å². The zero-order valence-corrected chi connectivity index (χ0v) is 15.4. The van der Waals surface area contributed by atoms with E-state index in [0.29, 0.717) is 0 Å². The van der Waals surface area contributed by atoms with Crippen LogP contribution in [-0.4, -0.2) is 30.9 Å². The quantitative estimate of drug-likeness (QED) is 0.607. The zero-order valence-electron chi connectivity index (χ0n) is 14.6. The lowest BCUT2D eigenvalue weighted by Gasteiger charge is -2.42. The van der Waals surface area contributed by atoms with Crippen LogP contribution in [0.1, 0.15) is 32.8 Å². The molecule has 5 nitrogen and oxygen atoms in total. The third-order valence-electron chi connectivity index (χ3n) is 4.64. The lowest BCUT2D eigenvalue weighted by Crippen LogP contribution is -2.61. The van der Waals surface area contributed by atoms with Gasteiger partial charge in [0.2, 0.25) is 0 Å². The molecule has 1 aromatic carbocycles. The molecule has 0 saturated heterocycles.